The average molecular weight is 548 g/mol. The van der Waals surface area contributed by atoms with Gasteiger partial charge >= 0.3 is 5.97 Å². The lowest BCUT2D eigenvalue weighted by Gasteiger charge is -2.11. The lowest BCUT2D eigenvalue weighted by atomic mass is 9.95. The molecule has 7 heteroatoms. The smallest absolute Gasteiger partial charge is 0.341 e. The molecular weight excluding hydrogens is 529 g/mol. The Morgan fingerprint density at radius 3 is 2.88 bits per heavy atom. The maximum atomic E-state index is 12.5. The summed E-state index contributed by atoms with van der Waals surface area (Å²) in [5.74, 6) is 0.506. The summed E-state index contributed by atoms with van der Waals surface area (Å²) in [4.78, 5) is 18.4. The molecule has 0 bridgehead atoms. The van der Waals surface area contributed by atoms with Gasteiger partial charge in [0.15, 0.2) is 0 Å². The van der Waals surface area contributed by atoms with E-state index in [4.69, 9.17) is 9.47 Å². The molecule has 4 nitrogen and oxygen atoms in total. The summed E-state index contributed by atoms with van der Waals surface area (Å²) in [7, 11) is 1.65. The SMILES string of the molecule is CCOC(=O)c1c(/N=C/c2cc(Br)cc(I)c2OC)sc2c1CCCC2. The summed E-state index contributed by atoms with van der Waals surface area (Å²) in [6, 6.07) is 3.95. The predicted octanol–water partition coefficient (Wildman–Crippen LogP) is 5.93. The Balaban J connectivity index is 2.04. The summed E-state index contributed by atoms with van der Waals surface area (Å²) in [6.07, 6.45) is 5.98. The zero-order chi connectivity index (χ0) is 18.7. The van der Waals surface area contributed by atoms with Crippen molar-refractivity contribution in [2.75, 3.05) is 13.7 Å². The first-order valence-corrected chi connectivity index (χ1v) is 11.1. The van der Waals surface area contributed by atoms with Crippen molar-refractivity contribution in [1.82, 2.24) is 0 Å². The fourth-order valence-corrected chi connectivity index (χ4v) is 6.07. The third-order valence-corrected chi connectivity index (χ3v) is 6.65. The van der Waals surface area contributed by atoms with E-state index in [-0.39, 0.29) is 5.97 Å². The van der Waals surface area contributed by atoms with E-state index in [0.29, 0.717) is 12.2 Å². The molecule has 0 N–H and O–H groups in total. The normalized spacial score (nSPS) is 13.7. The van der Waals surface area contributed by atoms with Crippen LogP contribution in [-0.2, 0) is 17.6 Å². The average Bonchev–Trinajstić information content (AvgIpc) is 2.98. The van der Waals surface area contributed by atoms with Gasteiger partial charge in [0.2, 0.25) is 0 Å². The molecule has 1 aliphatic carbocycles. The minimum atomic E-state index is -0.269. The van der Waals surface area contributed by atoms with E-state index in [1.807, 2.05) is 19.1 Å². The van der Waals surface area contributed by atoms with Gasteiger partial charge in [0.05, 0.1) is 22.9 Å². The second-order valence-corrected chi connectivity index (χ2v) is 9.04. The van der Waals surface area contributed by atoms with Crippen LogP contribution in [0.1, 0.15) is 46.1 Å². The molecule has 1 aliphatic rings. The highest BCUT2D eigenvalue weighted by molar-refractivity contribution is 14.1. The zero-order valence-corrected chi connectivity index (χ0v) is 19.2. The van der Waals surface area contributed by atoms with Crippen molar-refractivity contribution in [1.29, 1.82) is 0 Å². The summed E-state index contributed by atoms with van der Waals surface area (Å²) >= 11 is 7.35. The molecule has 1 aromatic carbocycles. The number of nitrogens with zero attached hydrogens (tertiary/aromatic N) is 1. The number of halogens is 2. The van der Waals surface area contributed by atoms with Crippen LogP contribution in [-0.4, -0.2) is 25.9 Å². The van der Waals surface area contributed by atoms with Gasteiger partial charge in [0, 0.05) is 21.1 Å². The third-order valence-electron chi connectivity index (χ3n) is 4.19. The Kier molecular flexibility index (Phi) is 6.74. The first kappa shape index (κ1) is 19.8. The molecule has 0 unspecified atom stereocenters. The molecule has 0 fully saturated rings. The minimum Gasteiger partial charge on any atom is -0.495 e. The second kappa shape index (κ2) is 8.84. The van der Waals surface area contributed by atoms with Gasteiger partial charge in [-0.25, -0.2) is 9.79 Å². The number of ether oxygens (including phenoxy) is 2. The van der Waals surface area contributed by atoms with Gasteiger partial charge in [-0.15, -0.1) is 11.3 Å². The van der Waals surface area contributed by atoms with Crippen molar-refractivity contribution in [2.45, 2.75) is 32.6 Å². The van der Waals surface area contributed by atoms with Crippen LogP contribution in [0.2, 0.25) is 0 Å². The third kappa shape index (κ3) is 4.14. The van der Waals surface area contributed by atoms with Crippen LogP contribution in [0, 0.1) is 3.57 Å². The van der Waals surface area contributed by atoms with Crippen molar-refractivity contribution in [2.24, 2.45) is 4.99 Å². The van der Waals surface area contributed by atoms with E-state index in [9.17, 15) is 4.79 Å². The Bertz CT molecular complexity index is 863. The van der Waals surface area contributed by atoms with Gasteiger partial charge in [-0.1, -0.05) is 15.9 Å². The van der Waals surface area contributed by atoms with Crippen LogP contribution in [0.15, 0.2) is 21.6 Å². The van der Waals surface area contributed by atoms with Crippen molar-refractivity contribution < 1.29 is 14.3 Å². The highest BCUT2D eigenvalue weighted by Crippen LogP contribution is 2.40. The number of thiophene rings is 1. The molecule has 0 aliphatic heterocycles. The van der Waals surface area contributed by atoms with Crippen LogP contribution in [0.4, 0.5) is 5.00 Å². The van der Waals surface area contributed by atoms with Crippen LogP contribution in [0.5, 0.6) is 5.75 Å². The molecule has 2 aromatic rings. The second-order valence-electron chi connectivity index (χ2n) is 5.88. The molecule has 0 spiro atoms. The largest absolute Gasteiger partial charge is 0.495 e. The van der Waals surface area contributed by atoms with E-state index in [2.05, 4.69) is 43.5 Å². The monoisotopic (exact) mass is 547 g/mol. The molecule has 26 heavy (non-hydrogen) atoms. The number of hydrogen-bond acceptors (Lipinski definition) is 5. The summed E-state index contributed by atoms with van der Waals surface area (Å²) < 4.78 is 12.8. The Hall–Kier alpha value is -0.930. The quantitative estimate of drug-likeness (QED) is 0.265. The van der Waals surface area contributed by atoms with Gasteiger partial charge in [-0.2, -0.15) is 0 Å². The number of aliphatic imine (C=N–C) groups is 1. The topological polar surface area (TPSA) is 47.9 Å². The number of fused-ring (bicyclic) bond motifs is 1. The van der Waals surface area contributed by atoms with Crippen molar-refractivity contribution in [3.63, 3.8) is 0 Å². The standard InChI is InChI=1S/C19H19BrINO3S/c1-3-25-19(23)16-13-6-4-5-7-15(13)26-18(16)22-10-11-8-12(20)9-14(21)17(11)24-2/h8-10H,3-7H2,1-2H3/b22-10+. The van der Waals surface area contributed by atoms with E-state index < -0.39 is 0 Å². The molecule has 0 saturated carbocycles. The van der Waals surface area contributed by atoms with Crippen molar-refractivity contribution in [3.05, 3.63) is 41.7 Å². The molecule has 0 atom stereocenters. The molecule has 1 heterocycles. The summed E-state index contributed by atoms with van der Waals surface area (Å²) in [5, 5.41) is 0.729. The van der Waals surface area contributed by atoms with Crippen LogP contribution in [0.25, 0.3) is 0 Å². The molecule has 3 rings (SSSR count). The van der Waals surface area contributed by atoms with E-state index in [0.717, 1.165) is 55.6 Å². The molecule has 0 saturated heterocycles. The Labute approximate surface area is 179 Å². The molecule has 1 aromatic heterocycles. The van der Waals surface area contributed by atoms with Gasteiger partial charge in [0.25, 0.3) is 0 Å². The maximum Gasteiger partial charge on any atom is 0.341 e. The molecule has 138 valence electrons. The first-order valence-electron chi connectivity index (χ1n) is 8.43. The number of aryl methyl sites for hydroxylation is 1. The summed E-state index contributed by atoms with van der Waals surface area (Å²) in [5.41, 5.74) is 2.64. The van der Waals surface area contributed by atoms with Crippen LogP contribution < -0.4 is 4.74 Å². The number of hydrogen-bond donors (Lipinski definition) is 0. The highest BCUT2D eigenvalue weighted by atomic mass is 127. The Morgan fingerprint density at radius 2 is 2.15 bits per heavy atom. The molecule has 0 amide bonds. The predicted molar refractivity (Wildman–Crippen MR) is 118 cm³/mol. The lowest BCUT2D eigenvalue weighted by molar-refractivity contribution is 0.0526. The number of carbonyl (C=O) groups excluding carboxylic acids is 1. The van der Waals surface area contributed by atoms with E-state index in [1.54, 1.807) is 24.7 Å². The van der Waals surface area contributed by atoms with E-state index in [1.165, 1.54) is 4.88 Å². The fourth-order valence-electron chi connectivity index (χ4n) is 3.08. The number of benzene rings is 1. The van der Waals surface area contributed by atoms with Gasteiger partial charge in [-0.3, -0.25) is 0 Å². The van der Waals surface area contributed by atoms with E-state index >= 15 is 0 Å². The number of carbonyl (C=O) groups is 1. The summed E-state index contributed by atoms with van der Waals surface area (Å²) in [6.45, 7) is 2.19. The maximum absolute atomic E-state index is 12.5. The fraction of sp³-hybridized carbons (Fsp3) is 0.368. The molecular formula is C19H19BrINO3S. The minimum absolute atomic E-state index is 0.269. The van der Waals surface area contributed by atoms with Crippen LogP contribution >= 0.6 is 49.9 Å². The zero-order valence-electron chi connectivity index (χ0n) is 14.6. The number of methoxy groups -OCH3 is 1. The lowest BCUT2D eigenvalue weighted by Crippen LogP contribution is -2.09. The number of esters is 1. The number of rotatable bonds is 5. The van der Waals surface area contributed by atoms with Crippen molar-refractivity contribution >= 4 is 67.0 Å². The highest BCUT2D eigenvalue weighted by Gasteiger charge is 2.26. The first-order chi connectivity index (χ1) is 12.5. The van der Waals surface area contributed by atoms with Crippen molar-refractivity contribution in [3.8, 4) is 5.75 Å². The van der Waals surface area contributed by atoms with Gasteiger partial charge in [-0.05, 0) is 72.9 Å². The molecule has 0 radical (unpaired) electrons. The van der Waals surface area contributed by atoms with Gasteiger partial charge < -0.3 is 9.47 Å². The Morgan fingerprint density at radius 1 is 1.38 bits per heavy atom. The van der Waals surface area contributed by atoms with Gasteiger partial charge in [0.1, 0.15) is 10.8 Å². The van der Waals surface area contributed by atoms with Crippen LogP contribution in [0.3, 0.4) is 0 Å².